The molecule has 9 heteroatoms. The Morgan fingerprint density at radius 3 is 2.79 bits per heavy atom. The predicted octanol–water partition coefficient (Wildman–Crippen LogP) is 4.23. The first kappa shape index (κ1) is 20.8. The number of nitrogen functional groups attached to an aromatic ring is 1. The Labute approximate surface area is 171 Å². The predicted molar refractivity (Wildman–Crippen MR) is 114 cm³/mol. The number of aromatic nitrogens is 3. The summed E-state index contributed by atoms with van der Waals surface area (Å²) in [6.45, 7) is 5.94. The number of halogens is 1. The molecule has 0 aliphatic rings. The van der Waals surface area contributed by atoms with E-state index in [0.717, 1.165) is 11.1 Å². The molecule has 0 saturated heterocycles. The number of hydrogen-bond donors (Lipinski definition) is 3. The van der Waals surface area contributed by atoms with Crippen molar-refractivity contribution >= 4 is 44.4 Å². The fourth-order valence-electron chi connectivity index (χ4n) is 2.89. The number of nitrogens with zero attached hydrogens (tertiary/aromatic N) is 3. The van der Waals surface area contributed by atoms with E-state index < -0.39 is 0 Å². The molecular weight excluding hydrogens is 397 g/mol. The Bertz CT molecular complexity index is 963. The first-order valence-corrected chi connectivity index (χ1v) is 10.9. The van der Waals surface area contributed by atoms with Crippen molar-refractivity contribution in [1.82, 2.24) is 15.0 Å². The van der Waals surface area contributed by atoms with Gasteiger partial charge in [-0.25, -0.2) is 19.3 Å². The summed E-state index contributed by atoms with van der Waals surface area (Å²) < 4.78 is 15.0. The quantitative estimate of drug-likeness (QED) is 0.370. The third kappa shape index (κ3) is 4.89. The van der Waals surface area contributed by atoms with Crippen LogP contribution in [0.2, 0.25) is 0 Å². The average molecular weight is 422 g/mol. The number of fused-ring (bicyclic) bond motifs is 1. The van der Waals surface area contributed by atoms with Crippen molar-refractivity contribution in [2.45, 2.75) is 44.1 Å². The third-order valence-corrected chi connectivity index (χ3v) is 5.97. The molecule has 0 fully saturated rings. The van der Waals surface area contributed by atoms with Gasteiger partial charge in [-0.3, -0.25) is 0 Å². The van der Waals surface area contributed by atoms with Gasteiger partial charge in [0.25, 0.3) is 0 Å². The number of rotatable bonds is 8. The second-order valence-electron chi connectivity index (χ2n) is 7.05. The lowest BCUT2D eigenvalue weighted by Crippen LogP contribution is -2.26. The Balaban J connectivity index is 1.87. The fourth-order valence-corrected chi connectivity index (χ4v) is 4.43. The molecule has 6 nitrogen and oxygen atoms in total. The highest BCUT2D eigenvalue weighted by molar-refractivity contribution is 7.98. The average Bonchev–Trinajstić information content (AvgIpc) is 3.02. The summed E-state index contributed by atoms with van der Waals surface area (Å²) in [7, 11) is 0. The highest BCUT2D eigenvalue weighted by Gasteiger charge is 2.17. The molecule has 0 amide bonds. The Kier molecular flexibility index (Phi) is 6.69. The van der Waals surface area contributed by atoms with E-state index >= 15 is 0 Å². The largest absolute Gasteiger partial charge is 0.394 e. The van der Waals surface area contributed by atoms with Crippen molar-refractivity contribution < 1.29 is 9.50 Å². The number of benzene rings is 1. The van der Waals surface area contributed by atoms with Crippen LogP contribution in [-0.2, 0) is 5.75 Å². The van der Waals surface area contributed by atoms with Crippen molar-refractivity contribution in [1.29, 1.82) is 0 Å². The lowest BCUT2D eigenvalue weighted by molar-refractivity contribution is 0.259. The molecule has 3 rings (SSSR count). The number of anilines is 2. The lowest BCUT2D eigenvalue weighted by atomic mass is 10.0. The standard InChI is InChI=1S/C19H24FN5OS2/c1-10(2)7-13(8-26)22-16-15-17(23-18(21)28-15)25-19(24-16)27-9-12-6-4-5-11(3)14(12)20/h4-6,10,13,26H,7-9H2,1-3H3,(H3,21,22,23,24,25)/t13-/m1/s1. The SMILES string of the molecule is Cc1cccc(CSc2nc(N[C@@H](CO)CC(C)C)c3sc(N)nc3n2)c1F. The summed E-state index contributed by atoms with van der Waals surface area (Å²) in [6.07, 6.45) is 0.799. The number of hydrogen-bond acceptors (Lipinski definition) is 8. The van der Waals surface area contributed by atoms with E-state index in [-0.39, 0.29) is 18.5 Å². The zero-order valence-electron chi connectivity index (χ0n) is 16.1. The normalized spacial score (nSPS) is 12.6. The van der Waals surface area contributed by atoms with Gasteiger partial charge < -0.3 is 16.2 Å². The minimum atomic E-state index is -0.204. The van der Waals surface area contributed by atoms with Crippen LogP contribution in [0.1, 0.15) is 31.4 Å². The molecule has 1 aromatic carbocycles. The molecule has 0 saturated carbocycles. The topological polar surface area (TPSA) is 97.0 Å². The fraction of sp³-hybridized carbons (Fsp3) is 0.421. The number of thioether (sulfide) groups is 1. The summed E-state index contributed by atoms with van der Waals surface area (Å²) in [5, 5.41) is 13.9. The van der Waals surface area contributed by atoms with Crippen molar-refractivity contribution in [2.75, 3.05) is 17.7 Å². The van der Waals surface area contributed by atoms with Crippen molar-refractivity contribution in [3.8, 4) is 0 Å². The Morgan fingerprint density at radius 2 is 2.07 bits per heavy atom. The Morgan fingerprint density at radius 1 is 1.29 bits per heavy atom. The minimum absolute atomic E-state index is 0.00502. The lowest BCUT2D eigenvalue weighted by Gasteiger charge is -2.19. The number of aliphatic hydroxyl groups excluding tert-OH is 1. The van der Waals surface area contributed by atoms with Gasteiger partial charge in [0.05, 0.1) is 12.6 Å². The second-order valence-corrected chi connectivity index (χ2v) is 9.02. The van der Waals surface area contributed by atoms with E-state index in [2.05, 4.69) is 34.1 Å². The number of nitrogens with two attached hydrogens (primary N) is 1. The molecule has 28 heavy (non-hydrogen) atoms. The molecule has 150 valence electrons. The molecule has 3 aromatic rings. The van der Waals surface area contributed by atoms with Gasteiger partial charge in [-0.1, -0.05) is 55.1 Å². The first-order valence-electron chi connectivity index (χ1n) is 9.05. The van der Waals surface area contributed by atoms with Crippen molar-refractivity contribution in [3.05, 3.63) is 35.1 Å². The molecule has 2 heterocycles. The van der Waals surface area contributed by atoms with Crippen LogP contribution in [0.4, 0.5) is 15.3 Å². The smallest absolute Gasteiger partial charge is 0.191 e. The van der Waals surface area contributed by atoms with Crippen LogP contribution in [0.5, 0.6) is 0 Å². The summed E-state index contributed by atoms with van der Waals surface area (Å²) >= 11 is 2.65. The van der Waals surface area contributed by atoms with Crippen LogP contribution < -0.4 is 11.1 Å². The minimum Gasteiger partial charge on any atom is -0.394 e. The number of aryl methyl sites for hydroxylation is 1. The molecule has 0 unspecified atom stereocenters. The summed E-state index contributed by atoms with van der Waals surface area (Å²) in [6, 6.07) is 5.21. The summed E-state index contributed by atoms with van der Waals surface area (Å²) in [5.41, 5.74) is 7.59. The molecule has 2 aromatic heterocycles. The maximum Gasteiger partial charge on any atom is 0.191 e. The van der Waals surface area contributed by atoms with Crippen LogP contribution in [0.15, 0.2) is 23.4 Å². The van der Waals surface area contributed by atoms with Crippen LogP contribution in [0.3, 0.4) is 0 Å². The molecule has 0 aliphatic heterocycles. The molecule has 1 atom stereocenters. The van der Waals surface area contributed by atoms with Gasteiger partial charge in [0.15, 0.2) is 21.8 Å². The zero-order valence-corrected chi connectivity index (χ0v) is 17.7. The van der Waals surface area contributed by atoms with E-state index in [4.69, 9.17) is 5.73 Å². The van der Waals surface area contributed by atoms with E-state index in [9.17, 15) is 9.50 Å². The molecule has 0 bridgehead atoms. The van der Waals surface area contributed by atoms with Gasteiger partial charge in [-0.15, -0.1) is 0 Å². The van der Waals surface area contributed by atoms with Crippen molar-refractivity contribution in [3.63, 3.8) is 0 Å². The van der Waals surface area contributed by atoms with Gasteiger partial charge in [0, 0.05) is 5.75 Å². The van der Waals surface area contributed by atoms with E-state index in [1.165, 1.54) is 23.1 Å². The van der Waals surface area contributed by atoms with Gasteiger partial charge in [0.1, 0.15) is 10.5 Å². The maximum atomic E-state index is 14.3. The molecule has 0 radical (unpaired) electrons. The van der Waals surface area contributed by atoms with E-state index in [1.807, 2.05) is 6.07 Å². The number of nitrogens with one attached hydrogen (secondary N) is 1. The first-order chi connectivity index (χ1) is 13.4. The molecule has 0 spiro atoms. The molecule has 4 N–H and O–H groups in total. The van der Waals surface area contributed by atoms with Gasteiger partial charge in [-0.2, -0.15) is 0 Å². The molecule has 0 aliphatic carbocycles. The van der Waals surface area contributed by atoms with Crippen LogP contribution >= 0.6 is 23.1 Å². The molecular formula is C19H24FN5OS2. The maximum absolute atomic E-state index is 14.3. The summed E-state index contributed by atoms with van der Waals surface area (Å²) in [5.74, 6) is 1.23. The summed E-state index contributed by atoms with van der Waals surface area (Å²) in [4.78, 5) is 13.3. The zero-order chi connectivity index (χ0) is 20.3. The van der Waals surface area contributed by atoms with E-state index in [0.29, 0.717) is 44.6 Å². The van der Waals surface area contributed by atoms with Gasteiger partial charge in [-0.05, 0) is 30.4 Å². The van der Waals surface area contributed by atoms with Crippen LogP contribution in [-0.4, -0.2) is 32.7 Å². The van der Waals surface area contributed by atoms with Gasteiger partial charge in [0.2, 0.25) is 0 Å². The van der Waals surface area contributed by atoms with E-state index in [1.54, 1.807) is 19.1 Å². The van der Waals surface area contributed by atoms with Crippen molar-refractivity contribution in [2.24, 2.45) is 5.92 Å². The second kappa shape index (κ2) is 9.02. The van der Waals surface area contributed by atoms with Crippen LogP contribution in [0.25, 0.3) is 10.3 Å². The number of thiazole rings is 1. The monoisotopic (exact) mass is 421 g/mol. The Hall–Kier alpha value is -1.97. The number of aliphatic hydroxyl groups is 1. The third-order valence-electron chi connectivity index (χ3n) is 4.20. The highest BCUT2D eigenvalue weighted by Crippen LogP contribution is 2.32. The van der Waals surface area contributed by atoms with Gasteiger partial charge >= 0.3 is 0 Å². The van der Waals surface area contributed by atoms with Crippen LogP contribution in [0, 0.1) is 18.7 Å². The highest BCUT2D eigenvalue weighted by atomic mass is 32.2.